The van der Waals surface area contributed by atoms with Crippen LogP contribution in [-0.4, -0.2) is 88.4 Å². The lowest BCUT2D eigenvalue weighted by Crippen LogP contribution is -2.58. The van der Waals surface area contributed by atoms with Crippen molar-refractivity contribution >= 4 is 41.2 Å². The second-order valence-electron chi connectivity index (χ2n) is 21.3. The van der Waals surface area contributed by atoms with Crippen LogP contribution in [0.2, 0.25) is 0 Å². The number of amides is 3. The third-order valence-corrected chi connectivity index (χ3v) is 14.0. The van der Waals surface area contributed by atoms with E-state index < -0.39 is 23.7 Å². The molecule has 0 radical (unpaired) electrons. The van der Waals surface area contributed by atoms with Crippen LogP contribution in [0.15, 0.2) is 103 Å². The predicted molar refractivity (Wildman–Crippen MR) is 310 cm³/mol. The third kappa shape index (κ3) is 14.0. The maximum absolute atomic E-state index is 14.4. The SMILES string of the molecule is Cc1cc(C#N)cc(C)c1Oc1nc(Nc2ccc(C#N)cc2)nc2c1CN(C(=O)[C@H](C)N)CC2.Cc1cc(C#N)cc(C)c1Oc1nc(Nc2ccc(C#N)cc2)nc2c1CN(C(=O)[C@H](Cc1ccccc1)N(C(=O)O)C(C)(C)C)CC2. The van der Waals surface area contributed by atoms with Gasteiger partial charge in [-0.2, -0.15) is 31.0 Å². The maximum atomic E-state index is 14.4. The summed E-state index contributed by atoms with van der Waals surface area (Å²) in [4.78, 5) is 63.0. The van der Waals surface area contributed by atoms with Crippen LogP contribution in [0.1, 0.15) is 100 Å². The topological polar surface area (TPSA) is 296 Å². The van der Waals surface area contributed by atoms with Crippen molar-refractivity contribution in [3.63, 3.8) is 0 Å². The van der Waals surface area contributed by atoms with E-state index in [1.54, 1.807) is 110 Å². The molecule has 2 aliphatic rings. The number of rotatable bonds is 13. The van der Waals surface area contributed by atoms with E-state index in [1.807, 2.05) is 58.0 Å². The Bertz CT molecular complexity index is 3730. The highest BCUT2D eigenvalue weighted by Crippen LogP contribution is 2.38. The van der Waals surface area contributed by atoms with Crippen molar-refractivity contribution in [2.24, 2.45) is 5.73 Å². The first-order chi connectivity index (χ1) is 39.7. The van der Waals surface area contributed by atoms with Gasteiger partial charge in [-0.25, -0.2) is 14.8 Å². The molecule has 20 heteroatoms. The number of nitriles is 4. The summed E-state index contributed by atoms with van der Waals surface area (Å²) in [5.41, 5.74) is 15.3. The number of aromatic nitrogens is 4. The van der Waals surface area contributed by atoms with Crippen LogP contribution in [-0.2, 0) is 41.9 Å². The van der Waals surface area contributed by atoms with Gasteiger partial charge in [0.2, 0.25) is 35.5 Å². The monoisotopic (exact) mass is 1110 g/mol. The number of nitrogens with two attached hydrogens (primary N) is 1. The standard InChI is InChI=1S/C37H37N7O4.C26H25N7O2/c1-23-17-27(21-39)18-24(2)32(23)48-33-29-22-43(16-15-30(29)41-35(42-33)40-28-13-11-26(20-38)12-14-28)34(45)31(19-25-9-7-6-8-10-25)44(36(46)47)37(3,4)5;1-15-10-19(13-28)11-16(2)23(15)35-24-21-14-33(25(34)17(3)29)9-8-22(21)31-26(32-24)30-20-6-4-18(12-27)5-7-20/h6-14,17-18,31H,15-16,19,22H2,1-5H3,(H,46,47)(H,40,41,42);4-7,10-11,17H,8-9,14,29H2,1-3H3,(H,30,31,32)/t31-;17-/m00/s1. The van der Waals surface area contributed by atoms with Crippen LogP contribution in [0.25, 0.3) is 0 Å². The van der Waals surface area contributed by atoms with Crippen molar-refractivity contribution in [3.05, 3.63) is 176 Å². The number of carboxylic acid groups (broad SMARTS) is 1. The highest BCUT2D eigenvalue weighted by atomic mass is 16.5. The van der Waals surface area contributed by atoms with Gasteiger partial charge in [-0.15, -0.1) is 0 Å². The Balaban J connectivity index is 0.000000228. The molecule has 7 aromatic rings. The Morgan fingerprint density at radius 2 is 1.02 bits per heavy atom. The number of fused-ring (bicyclic) bond motifs is 2. The number of hydrogen-bond donors (Lipinski definition) is 4. The quantitative estimate of drug-likeness (QED) is 0.0834. The van der Waals surface area contributed by atoms with Gasteiger partial charge in [0, 0.05) is 49.3 Å². The van der Waals surface area contributed by atoms with E-state index in [2.05, 4.69) is 44.9 Å². The molecular formula is C63H62N14O6. The lowest BCUT2D eigenvalue weighted by molar-refractivity contribution is -0.139. The Kier molecular flexibility index (Phi) is 17.9. The number of aryl methyl sites for hydroxylation is 4. The summed E-state index contributed by atoms with van der Waals surface area (Å²) in [6.45, 7) is 15.7. The van der Waals surface area contributed by atoms with E-state index in [0.717, 1.165) is 44.8 Å². The number of anilines is 4. The Morgan fingerprint density at radius 3 is 1.39 bits per heavy atom. The summed E-state index contributed by atoms with van der Waals surface area (Å²) in [5.74, 6) is 1.88. The lowest BCUT2D eigenvalue weighted by atomic mass is 9.96. The molecule has 9 rings (SSSR count). The van der Waals surface area contributed by atoms with E-state index in [0.29, 0.717) is 88.5 Å². The molecule has 0 saturated heterocycles. The molecule has 2 aromatic heterocycles. The predicted octanol–water partition coefficient (Wildman–Crippen LogP) is 10.3. The van der Waals surface area contributed by atoms with Crippen molar-refractivity contribution in [1.29, 1.82) is 21.0 Å². The molecule has 0 bridgehead atoms. The van der Waals surface area contributed by atoms with Gasteiger partial charge in [0.05, 0.1) is 88.2 Å². The number of carbonyl (C=O) groups is 3. The second-order valence-corrected chi connectivity index (χ2v) is 21.3. The lowest BCUT2D eigenvalue weighted by Gasteiger charge is -2.41. The zero-order valence-corrected chi connectivity index (χ0v) is 47.4. The van der Waals surface area contributed by atoms with Crippen molar-refractivity contribution in [1.82, 2.24) is 34.6 Å². The van der Waals surface area contributed by atoms with Gasteiger partial charge in [-0.3, -0.25) is 14.5 Å². The van der Waals surface area contributed by atoms with E-state index in [4.69, 9.17) is 30.4 Å². The van der Waals surface area contributed by atoms with Crippen LogP contribution in [0.4, 0.5) is 28.1 Å². The van der Waals surface area contributed by atoms with Crippen molar-refractivity contribution in [2.75, 3.05) is 23.7 Å². The van der Waals surface area contributed by atoms with Crippen molar-refractivity contribution in [2.45, 2.75) is 105 Å². The highest BCUT2D eigenvalue weighted by molar-refractivity contribution is 5.86. The third-order valence-electron chi connectivity index (χ3n) is 14.0. The normalized spacial score (nSPS) is 13.1. The molecule has 20 nitrogen and oxygen atoms in total. The molecule has 4 heterocycles. The summed E-state index contributed by atoms with van der Waals surface area (Å²) in [5, 5.41) is 53.6. The molecular weight excluding hydrogens is 1050 g/mol. The smallest absolute Gasteiger partial charge is 0.408 e. The van der Waals surface area contributed by atoms with Gasteiger partial charge in [0.25, 0.3) is 0 Å². The molecule has 0 saturated carbocycles. The van der Waals surface area contributed by atoms with Gasteiger partial charge in [0.15, 0.2) is 0 Å². The number of nitrogens with one attached hydrogen (secondary N) is 2. The van der Waals surface area contributed by atoms with E-state index in [1.165, 1.54) is 4.90 Å². The average Bonchev–Trinajstić information content (AvgIpc) is 3.67. The van der Waals surface area contributed by atoms with Crippen LogP contribution < -0.4 is 25.8 Å². The molecule has 0 fully saturated rings. The summed E-state index contributed by atoms with van der Waals surface area (Å²) in [6, 6.07) is 37.2. The molecule has 5 N–H and O–H groups in total. The Hall–Kier alpha value is -10.4. The summed E-state index contributed by atoms with van der Waals surface area (Å²) in [6.07, 6.45) is -0.0516. The Morgan fingerprint density at radius 1 is 0.627 bits per heavy atom. The molecule has 0 aliphatic carbocycles. The zero-order valence-electron chi connectivity index (χ0n) is 47.4. The summed E-state index contributed by atoms with van der Waals surface area (Å²) < 4.78 is 12.8. The van der Waals surface area contributed by atoms with E-state index in [-0.39, 0.29) is 43.2 Å². The number of hydrogen-bond acceptors (Lipinski definition) is 16. The number of ether oxygens (including phenoxy) is 2. The van der Waals surface area contributed by atoms with Crippen LogP contribution >= 0.6 is 0 Å². The van der Waals surface area contributed by atoms with Crippen LogP contribution in [0.5, 0.6) is 23.3 Å². The van der Waals surface area contributed by atoms with Gasteiger partial charge in [0.1, 0.15) is 17.5 Å². The van der Waals surface area contributed by atoms with Gasteiger partial charge < -0.3 is 40.7 Å². The number of nitrogens with zero attached hydrogens (tertiary/aromatic N) is 11. The fraction of sp³-hybridized carbons (Fsp3) is 0.286. The molecule has 83 heavy (non-hydrogen) atoms. The van der Waals surface area contributed by atoms with Gasteiger partial charge in [-0.05, 0) is 156 Å². The summed E-state index contributed by atoms with van der Waals surface area (Å²) in [7, 11) is 0. The number of benzene rings is 5. The first kappa shape index (κ1) is 58.7. The minimum Gasteiger partial charge on any atom is -0.465 e. The molecule has 3 amide bonds. The fourth-order valence-corrected chi connectivity index (χ4v) is 10.00. The molecule has 2 atom stereocenters. The van der Waals surface area contributed by atoms with Crippen LogP contribution in [0.3, 0.4) is 0 Å². The fourth-order valence-electron chi connectivity index (χ4n) is 10.00. The molecule has 5 aromatic carbocycles. The molecule has 2 aliphatic heterocycles. The first-order valence-electron chi connectivity index (χ1n) is 26.8. The minimum atomic E-state index is -1.17. The van der Waals surface area contributed by atoms with E-state index in [9.17, 15) is 35.3 Å². The van der Waals surface area contributed by atoms with Gasteiger partial charge >= 0.3 is 6.09 Å². The molecule has 420 valence electrons. The minimum absolute atomic E-state index is 0.109. The van der Waals surface area contributed by atoms with Crippen molar-refractivity contribution < 1.29 is 29.0 Å². The first-order valence-corrected chi connectivity index (χ1v) is 26.8. The second kappa shape index (κ2) is 25.4. The highest BCUT2D eigenvalue weighted by Gasteiger charge is 2.41. The number of carbonyl (C=O) groups excluding carboxylic acids is 2. The summed E-state index contributed by atoms with van der Waals surface area (Å²) >= 11 is 0. The zero-order chi connectivity index (χ0) is 59.7. The Labute approximate surface area is 482 Å². The average molecular weight is 1110 g/mol. The molecule has 0 spiro atoms. The maximum Gasteiger partial charge on any atom is 0.408 e. The van der Waals surface area contributed by atoms with E-state index >= 15 is 0 Å². The largest absolute Gasteiger partial charge is 0.465 e. The van der Waals surface area contributed by atoms with Crippen molar-refractivity contribution in [3.8, 4) is 47.5 Å². The van der Waals surface area contributed by atoms with Gasteiger partial charge in [-0.1, -0.05) is 30.3 Å². The molecule has 0 unspecified atom stereocenters. The van der Waals surface area contributed by atoms with Crippen LogP contribution in [0, 0.1) is 73.0 Å².